The number of rotatable bonds is 4. The Hall–Kier alpha value is -4.15. The molecule has 3 aromatic carbocycles. The topological polar surface area (TPSA) is 70.1 Å². The van der Waals surface area contributed by atoms with Gasteiger partial charge in [0, 0.05) is 29.2 Å². The van der Waals surface area contributed by atoms with Crippen molar-refractivity contribution in [1.29, 1.82) is 0 Å². The van der Waals surface area contributed by atoms with Gasteiger partial charge >= 0.3 is 0 Å². The molecule has 2 aliphatic heterocycles. The Balaban J connectivity index is 1.32. The van der Waals surface area contributed by atoms with Crippen LogP contribution in [0, 0.1) is 17.7 Å². The molecule has 182 valence electrons. The SMILES string of the molecule is COc1ccc(C#Cc2ccc([C@H]3[C@H]4CN(C(=O)c5ccc(F)cc5)CC(=O)N4[C@H]3CO)cc2)cc1. The van der Waals surface area contributed by atoms with E-state index in [1.54, 1.807) is 12.0 Å². The molecule has 7 heteroatoms. The summed E-state index contributed by atoms with van der Waals surface area (Å²) in [5, 5.41) is 10.0. The molecule has 2 aliphatic rings. The lowest BCUT2D eigenvalue weighted by atomic mass is 9.73. The van der Waals surface area contributed by atoms with Crippen molar-refractivity contribution in [2.45, 2.75) is 18.0 Å². The highest BCUT2D eigenvalue weighted by Gasteiger charge is 2.54. The first kappa shape index (κ1) is 23.6. The highest BCUT2D eigenvalue weighted by molar-refractivity contribution is 5.97. The van der Waals surface area contributed by atoms with Crippen molar-refractivity contribution in [1.82, 2.24) is 9.80 Å². The highest BCUT2D eigenvalue weighted by atomic mass is 19.1. The fourth-order valence-corrected chi connectivity index (χ4v) is 5.04. The smallest absolute Gasteiger partial charge is 0.254 e. The van der Waals surface area contributed by atoms with Gasteiger partial charge in [0.25, 0.3) is 5.91 Å². The number of aliphatic hydroxyl groups excluding tert-OH is 1. The van der Waals surface area contributed by atoms with E-state index in [-0.39, 0.29) is 43.0 Å². The molecule has 1 N–H and O–H groups in total. The molecule has 0 aliphatic carbocycles. The van der Waals surface area contributed by atoms with Crippen LogP contribution >= 0.6 is 0 Å². The maximum absolute atomic E-state index is 13.3. The zero-order valence-electron chi connectivity index (χ0n) is 19.7. The second kappa shape index (κ2) is 9.84. The minimum Gasteiger partial charge on any atom is -0.497 e. The van der Waals surface area contributed by atoms with E-state index in [0.717, 1.165) is 22.4 Å². The van der Waals surface area contributed by atoms with Gasteiger partial charge in [-0.05, 0) is 66.2 Å². The van der Waals surface area contributed by atoms with Crippen LogP contribution in [0.5, 0.6) is 5.75 Å². The average molecular weight is 485 g/mol. The van der Waals surface area contributed by atoms with Crippen molar-refractivity contribution < 1.29 is 23.8 Å². The number of hydrogen-bond donors (Lipinski definition) is 1. The van der Waals surface area contributed by atoms with E-state index >= 15 is 0 Å². The Bertz CT molecular complexity index is 1330. The van der Waals surface area contributed by atoms with Gasteiger partial charge in [0.05, 0.1) is 25.8 Å². The van der Waals surface area contributed by atoms with Crippen LogP contribution in [0.15, 0.2) is 72.8 Å². The van der Waals surface area contributed by atoms with E-state index < -0.39 is 5.82 Å². The van der Waals surface area contributed by atoms with Crippen molar-refractivity contribution in [3.63, 3.8) is 0 Å². The average Bonchev–Trinajstić information content (AvgIpc) is 2.89. The Kier molecular flexibility index (Phi) is 6.45. The molecular formula is C29H25FN2O4. The second-order valence-corrected chi connectivity index (χ2v) is 8.94. The maximum atomic E-state index is 13.3. The number of benzene rings is 3. The van der Waals surface area contributed by atoms with Crippen molar-refractivity contribution in [2.75, 3.05) is 26.8 Å². The van der Waals surface area contributed by atoms with Gasteiger partial charge in [0.1, 0.15) is 18.1 Å². The minimum absolute atomic E-state index is 0.0597. The van der Waals surface area contributed by atoms with Crippen molar-refractivity contribution in [3.8, 4) is 17.6 Å². The lowest BCUT2D eigenvalue weighted by molar-refractivity contribution is -0.159. The quantitative estimate of drug-likeness (QED) is 0.578. The summed E-state index contributed by atoms with van der Waals surface area (Å²) < 4.78 is 18.4. The van der Waals surface area contributed by atoms with Crippen molar-refractivity contribution in [2.24, 2.45) is 0 Å². The number of nitrogens with zero attached hydrogens (tertiary/aromatic N) is 2. The van der Waals surface area contributed by atoms with Gasteiger partial charge in [0.15, 0.2) is 0 Å². The summed E-state index contributed by atoms with van der Waals surface area (Å²) >= 11 is 0. The normalized spacial score (nSPS) is 20.6. The van der Waals surface area contributed by atoms with Gasteiger partial charge in [-0.3, -0.25) is 9.59 Å². The van der Waals surface area contributed by atoms with Crippen LogP contribution in [0.1, 0.15) is 33.0 Å². The van der Waals surface area contributed by atoms with Crippen LogP contribution in [0.3, 0.4) is 0 Å². The van der Waals surface area contributed by atoms with Crippen molar-refractivity contribution in [3.05, 3.63) is 101 Å². The van der Waals surface area contributed by atoms with Gasteiger partial charge in [-0.15, -0.1) is 0 Å². The molecule has 0 aromatic heterocycles. The molecule has 36 heavy (non-hydrogen) atoms. The molecule has 0 saturated carbocycles. The number of aliphatic hydroxyl groups is 1. The lowest BCUT2D eigenvalue weighted by Crippen LogP contribution is -2.73. The standard InChI is InChI=1S/C29H25FN2O4/c1-36-24-14-6-20(7-15-24)3-2-19-4-8-21(9-5-19)28-25-16-31(17-27(34)32(25)26(28)18-33)29(35)22-10-12-23(30)13-11-22/h4-15,25-26,28,33H,16-18H2,1H3/t25-,26+,28+/m1/s1. The molecule has 0 radical (unpaired) electrons. The molecule has 5 rings (SSSR count). The number of methoxy groups -OCH3 is 1. The first-order valence-electron chi connectivity index (χ1n) is 11.7. The molecule has 2 amide bonds. The molecule has 0 bridgehead atoms. The summed E-state index contributed by atoms with van der Waals surface area (Å²) in [4.78, 5) is 29.0. The minimum atomic E-state index is -0.422. The Morgan fingerprint density at radius 3 is 2.19 bits per heavy atom. The van der Waals surface area contributed by atoms with E-state index in [1.807, 2.05) is 48.5 Å². The molecular weight excluding hydrogens is 459 g/mol. The Morgan fingerprint density at radius 1 is 1.00 bits per heavy atom. The summed E-state index contributed by atoms with van der Waals surface area (Å²) in [6.45, 7) is 0.135. The molecule has 3 atom stereocenters. The Morgan fingerprint density at radius 2 is 1.61 bits per heavy atom. The predicted molar refractivity (Wildman–Crippen MR) is 132 cm³/mol. The molecule has 2 saturated heterocycles. The first-order valence-corrected chi connectivity index (χ1v) is 11.7. The zero-order valence-corrected chi connectivity index (χ0v) is 19.7. The zero-order chi connectivity index (χ0) is 25.2. The lowest BCUT2D eigenvalue weighted by Gasteiger charge is -2.58. The van der Waals surface area contributed by atoms with Gasteiger partial charge in [0.2, 0.25) is 5.91 Å². The third kappa shape index (κ3) is 4.43. The molecule has 2 fully saturated rings. The third-order valence-electron chi connectivity index (χ3n) is 6.87. The number of carbonyl (C=O) groups is 2. The molecule has 6 nitrogen and oxygen atoms in total. The van der Waals surface area contributed by atoms with E-state index in [2.05, 4.69) is 11.8 Å². The number of ether oxygens (including phenoxy) is 1. The summed E-state index contributed by atoms with van der Waals surface area (Å²) in [5.41, 5.74) is 3.04. The van der Waals surface area contributed by atoms with E-state index in [1.165, 1.54) is 29.2 Å². The van der Waals surface area contributed by atoms with Crippen LogP contribution in [0.25, 0.3) is 0 Å². The van der Waals surface area contributed by atoms with E-state index in [9.17, 15) is 19.1 Å². The maximum Gasteiger partial charge on any atom is 0.254 e. The number of piperazine rings is 1. The number of amides is 2. The van der Waals surface area contributed by atoms with E-state index in [4.69, 9.17) is 4.74 Å². The summed E-state index contributed by atoms with van der Waals surface area (Å²) in [5.74, 6) is 6.03. The Labute approximate surface area is 208 Å². The van der Waals surface area contributed by atoms with Gasteiger partial charge in [-0.2, -0.15) is 0 Å². The van der Waals surface area contributed by atoms with Gasteiger partial charge in [-0.1, -0.05) is 24.0 Å². The largest absolute Gasteiger partial charge is 0.497 e. The summed E-state index contributed by atoms with van der Waals surface area (Å²) in [6, 6.07) is 20.1. The second-order valence-electron chi connectivity index (χ2n) is 8.94. The van der Waals surface area contributed by atoms with Crippen LogP contribution in [0.4, 0.5) is 4.39 Å². The van der Waals surface area contributed by atoms with Crippen LogP contribution in [0.2, 0.25) is 0 Å². The van der Waals surface area contributed by atoms with Gasteiger partial charge < -0.3 is 19.6 Å². The number of fused-ring (bicyclic) bond motifs is 1. The number of halogens is 1. The van der Waals surface area contributed by atoms with Crippen molar-refractivity contribution >= 4 is 11.8 Å². The molecule has 0 unspecified atom stereocenters. The van der Waals surface area contributed by atoms with Crippen LogP contribution < -0.4 is 4.74 Å². The fourth-order valence-electron chi connectivity index (χ4n) is 5.04. The fraction of sp³-hybridized carbons (Fsp3) is 0.241. The van der Waals surface area contributed by atoms with Crippen LogP contribution in [-0.2, 0) is 4.79 Å². The molecule has 3 aromatic rings. The monoisotopic (exact) mass is 484 g/mol. The highest BCUT2D eigenvalue weighted by Crippen LogP contribution is 2.43. The summed E-state index contributed by atoms with van der Waals surface area (Å²) in [7, 11) is 1.62. The third-order valence-corrected chi connectivity index (χ3v) is 6.87. The predicted octanol–water partition coefficient (Wildman–Crippen LogP) is 3.05. The van der Waals surface area contributed by atoms with Gasteiger partial charge in [-0.25, -0.2) is 4.39 Å². The van der Waals surface area contributed by atoms with Crippen LogP contribution in [-0.4, -0.2) is 65.6 Å². The number of hydrogen-bond acceptors (Lipinski definition) is 4. The van der Waals surface area contributed by atoms with E-state index in [0.29, 0.717) is 12.1 Å². The number of carbonyl (C=O) groups excluding carboxylic acids is 2. The summed E-state index contributed by atoms with van der Waals surface area (Å²) in [6.07, 6.45) is 0. The molecule has 0 spiro atoms. The molecule has 2 heterocycles. The first-order chi connectivity index (χ1) is 17.5.